The van der Waals surface area contributed by atoms with Crippen molar-refractivity contribution in [3.63, 3.8) is 0 Å². The molecule has 0 aliphatic carbocycles. The van der Waals surface area contributed by atoms with Crippen LogP contribution in [-0.4, -0.2) is 21.6 Å². The molecule has 20 heavy (non-hydrogen) atoms. The zero-order valence-electron chi connectivity index (χ0n) is 13.5. The summed E-state index contributed by atoms with van der Waals surface area (Å²) in [6.07, 6.45) is 0.980. The molecule has 0 bridgehead atoms. The van der Waals surface area contributed by atoms with Crippen LogP contribution in [0.25, 0.3) is 0 Å². The lowest BCUT2D eigenvalue weighted by atomic mass is 10.2. The van der Waals surface area contributed by atoms with E-state index in [1.165, 1.54) is 6.42 Å². The highest BCUT2D eigenvalue weighted by atomic mass is 16.6. The summed E-state index contributed by atoms with van der Waals surface area (Å²) in [5, 5.41) is 0. The van der Waals surface area contributed by atoms with E-state index in [0.29, 0.717) is 13.1 Å². The minimum atomic E-state index is -0.449. The van der Waals surface area contributed by atoms with E-state index in [2.05, 4.69) is 18.8 Å². The molecule has 2 rings (SSSR count). The van der Waals surface area contributed by atoms with Gasteiger partial charge in [-0.15, -0.1) is 0 Å². The van der Waals surface area contributed by atoms with Crippen molar-refractivity contribution in [2.24, 2.45) is 0 Å². The number of hydrogen-bond donors (Lipinski definition) is 0. The quantitative estimate of drug-likeness (QED) is 0.718. The zero-order chi connectivity index (χ0) is 15.3. The van der Waals surface area contributed by atoms with Crippen LogP contribution in [0, 0.1) is 6.92 Å². The second-order valence-corrected chi connectivity index (χ2v) is 6.10. The Morgan fingerprint density at radius 2 is 1.90 bits per heavy atom. The van der Waals surface area contributed by atoms with Crippen molar-refractivity contribution in [1.82, 2.24) is 9.88 Å². The first kappa shape index (κ1) is 16.5. The maximum Gasteiger partial charge on any atom is 0.410 e. The van der Waals surface area contributed by atoms with Crippen LogP contribution in [0.15, 0.2) is 12.1 Å². The van der Waals surface area contributed by atoms with Crippen LogP contribution < -0.4 is 0 Å². The van der Waals surface area contributed by atoms with Crippen molar-refractivity contribution in [2.45, 2.75) is 66.7 Å². The van der Waals surface area contributed by atoms with Crippen molar-refractivity contribution in [3.8, 4) is 0 Å². The van der Waals surface area contributed by atoms with E-state index in [-0.39, 0.29) is 6.09 Å². The molecule has 112 valence electrons. The highest BCUT2D eigenvalue weighted by Crippen LogP contribution is 2.23. The van der Waals surface area contributed by atoms with Gasteiger partial charge in [-0.3, -0.25) is 9.88 Å². The van der Waals surface area contributed by atoms with Crippen molar-refractivity contribution < 1.29 is 9.53 Å². The third-order valence-corrected chi connectivity index (χ3v) is 2.56. The topological polar surface area (TPSA) is 42.4 Å². The highest BCUT2D eigenvalue weighted by Gasteiger charge is 2.28. The summed E-state index contributed by atoms with van der Waals surface area (Å²) < 4.78 is 5.34. The number of fused-ring (bicyclic) bond motifs is 1. The second-order valence-electron chi connectivity index (χ2n) is 6.10. The molecule has 1 amide bonds. The Balaban J connectivity index is 0.000000612. The van der Waals surface area contributed by atoms with Gasteiger partial charge in [0.05, 0.1) is 18.8 Å². The third-order valence-electron chi connectivity index (χ3n) is 2.56. The van der Waals surface area contributed by atoms with Gasteiger partial charge >= 0.3 is 6.09 Å². The third kappa shape index (κ3) is 4.83. The van der Waals surface area contributed by atoms with Crippen molar-refractivity contribution in [1.29, 1.82) is 0 Å². The summed E-state index contributed by atoms with van der Waals surface area (Å²) in [5.74, 6) is 0. The Kier molecular flexibility index (Phi) is 5.54. The molecule has 0 saturated heterocycles. The predicted octanol–water partition coefficient (Wildman–Crippen LogP) is 4.06. The molecule has 1 aliphatic heterocycles. The minimum absolute atomic E-state index is 0.270. The molecule has 0 N–H and O–H groups in total. The van der Waals surface area contributed by atoms with Gasteiger partial charge in [0.1, 0.15) is 5.60 Å². The molecule has 0 unspecified atom stereocenters. The number of amides is 1. The van der Waals surface area contributed by atoms with Gasteiger partial charge in [0.15, 0.2) is 0 Å². The van der Waals surface area contributed by atoms with Crippen LogP contribution in [0.2, 0.25) is 0 Å². The first-order chi connectivity index (χ1) is 9.26. The van der Waals surface area contributed by atoms with Crippen LogP contribution in [0.1, 0.15) is 58.0 Å². The lowest BCUT2D eigenvalue weighted by Gasteiger charge is -2.23. The number of aromatic nitrogens is 1. The summed E-state index contributed by atoms with van der Waals surface area (Å²) in [7, 11) is 0. The van der Waals surface area contributed by atoms with E-state index < -0.39 is 5.60 Å². The Labute approximate surface area is 122 Å². The molecular weight excluding hydrogens is 252 g/mol. The van der Waals surface area contributed by atoms with Gasteiger partial charge in [-0.2, -0.15) is 0 Å². The van der Waals surface area contributed by atoms with Gasteiger partial charge in [-0.25, -0.2) is 4.79 Å². The van der Waals surface area contributed by atoms with E-state index >= 15 is 0 Å². The minimum Gasteiger partial charge on any atom is -0.444 e. The molecule has 4 nitrogen and oxygen atoms in total. The summed E-state index contributed by atoms with van der Waals surface area (Å²) >= 11 is 0. The Bertz CT molecular complexity index is 464. The van der Waals surface area contributed by atoms with Crippen LogP contribution in [0.5, 0.6) is 0 Å². The lowest BCUT2D eigenvalue weighted by molar-refractivity contribution is 0.0240. The van der Waals surface area contributed by atoms with Crippen molar-refractivity contribution in [3.05, 3.63) is 29.1 Å². The van der Waals surface area contributed by atoms with Crippen LogP contribution in [0.4, 0.5) is 4.79 Å². The molecule has 1 aliphatic rings. The normalized spacial score (nSPS) is 13.4. The molecule has 2 heterocycles. The van der Waals surface area contributed by atoms with Gasteiger partial charge in [-0.05, 0) is 39.3 Å². The fourth-order valence-electron chi connectivity index (χ4n) is 1.82. The summed E-state index contributed by atoms with van der Waals surface area (Å²) in [5.41, 5.74) is 2.63. The molecule has 0 radical (unpaired) electrons. The smallest absolute Gasteiger partial charge is 0.410 e. The van der Waals surface area contributed by atoms with E-state index in [4.69, 9.17) is 4.74 Å². The van der Waals surface area contributed by atoms with Gasteiger partial charge < -0.3 is 4.74 Å². The first-order valence-corrected chi connectivity index (χ1v) is 7.20. The van der Waals surface area contributed by atoms with Crippen molar-refractivity contribution in [2.75, 3.05) is 0 Å². The number of rotatable bonds is 0. The summed E-state index contributed by atoms with van der Waals surface area (Å²) in [4.78, 5) is 18.0. The second kappa shape index (κ2) is 6.73. The van der Waals surface area contributed by atoms with Gasteiger partial charge in [0, 0.05) is 5.69 Å². The Morgan fingerprint density at radius 1 is 1.30 bits per heavy atom. The molecule has 0 aromatic carbocycles. The van der Waals surface area contributed by atoms with E-state index in [9.17, 15) is 4.79 Å². The molecule has 1 aromatic rings. The van der Waals surface area contributed by atoms with Crippen LogP contribution in [0.3, 0.4) is 0 Å². The Hall–Kier alpha value is -1.58. The lowest BCUT2D eigenvalue weighted by Crippen LogP contribution is -2.33. The standard InChI is InChI=1S/C13H18N2O2.C3H8/c1-9-5-6-10-7-15(8-11(10)14-9)12(16)17-13(2,3)4;1-3-2/h5-6H,7-8H2,1-4H3;3H2,1-2H3. The van der Waals surface area contributed by atoms with Crippen molar-refractivity contribution >= 4 is 6.09 Å². The number of pyridine rings is 1. The van der Waals surface area contributed by atoms with Gasteiger partial charge in [0.25, 0.3) is 0 Å². The average molecular weight is 278 g/mol. The monoisotopic (exact) mass is 278 g/mol. The van der Waals surface area contributed by atoms with Gasteiger partial charge in [0.2, 0.25) is 0 Å². The maximum atomic E-state index is 11.9. The predicted molar refractivity (Wildman–Crippen MR) is 80.4 cm³/mol. The van der Waals surface area contributed by atoms with Gasteiger partial charge in [-0.1, -0.05) is 26.3 Å². The molecule has 0 saturated carbocycles. The average Bonchev–Trinajstić information content (AvgIpc) is 2.70. The molecule has 0 fully saturated rings. The molecular formula is C16H26N2O2. The fourth-order valence-corrected chi connectivity index (χ4v) is 1.82. The number of nitrogens with zero attached hydrogens (tertiary/aromatic N) is 2. The summed E-state index contributed by atoms with van der Waals surface area (Å²) in [6.45, 7) is 13.0. The molecule has 4 heteroatoms. The number of aryl methyl sites for hydroxylation is 1. The Morgan fingerprint density at radius 3 is 2.45 bits per heavy atom. The van der Waals surface area contributed by atoms with E-state index in [1.54, 1.807) is 4.90 Å². The first-order valence-electron chi connectivity index (χ1n) is 7.20. The van der Waals surface area contributed by atoms with E-state index in [1.807, 2.05) is 39.8 Å². The number of carbonyl (C=O) groups excluding carboxylic acids is 1. The van der Waals surface area contributed by atoms with Crippen LogP contribution >= 0.6 is 0 Å². The highest BCUT2D eigenvalue weighted by molar-refractivity contribution is 5.69. The van der Waals surface area contributed by atoms with E-state index in [0.717, 1.165) is 17.0 Å². The number of ether oxygens (including phenoxy) is 1. The maximum absolute atomic E-state index is 11.9. The largest absolute Gasteiger partial charge is 0.444 e. The van der Waals surface area contributed by atoms with Crippen LogP contribution in [-0.2, 0) is 17.8 Å². The number of hydrogen-bond acceptors (Lipinski definition) is 3. The SMILES string of the molecule is CCC.Cc1ccc2c(n1)CN(C(=O)OC(C)(C)C)C2. The fraction of sp³-hybridized carbons (Fsp3) is 0.625. The molecule has 0 spiro atoms. The number of carbonyl (C=O) groups is 1. The molecule has 0 atom stereocenters. The zero-order valence-corrected chi connectivity index (χ0v) is 13.5. The molecule has 1 aromatic heterocycles. The summed E-state index contributed by atoms with van der Waals surface area (Å²) in [6, 6.07) is 4.00.